The fourth-order valence-electron chi connectivity index (χ4n) is 2.79. The summed E-state index contributed by atoms with van der Waals surface area (Å²) in [7, 11) is 1.65. The van der Waals surface area contributed by atoms with Gasteiger partial charge >= 0.3 is 0 Å². The van der Waals surface area contributed by atoms with Gasteiger partial charge in [-0.25, -0.2) is 9.98 Å². The minimum atomic E-state index is -0.251. The number of anilines is 2. The van der Waals surface area contributed by atoms with Crippen molar-refractivity contribution in [3.05, 3.63) is 53.9 Å². The lowest BCUT2D eigenvalue weighted by Crippen LogP contribution is -2.06. The van der Waals surface area contributed by atoms with Gasteiger partial charge in [-0.15, -0.1) is 10.2 Å². The third-order valence-corrected chi connectivity index (χ3v) is 4.02. The van der Waals surface area contributed by atoms with Crippen molar-refractivity contribution < 1.29 is 9.53 Å². The standard InChI is InChI=1S/C18H16N6O2/c1-26-9-8-24-11-20-23-17(24)14-6-3-7-15(22-14)21-13-5-2-4-12-10-19-18(25)16(12)13/h2-7,10-11H,8-9H2,1H3,(H,21,22). The highest BCUT2D eigenvalue weighted by Gasteiger charge is 2.20. The number of benzene rings is 1. The Morgan fingerprint density at radius 2 is 2.08 bits per heavy atom. The predicted molar refractivity (Wildman–Crippen MR) is 96.8 cm³/mol. The molecule has 0 saturated heterocycles. The van der Waals surface area contributed by atoms with Crippen molar-refractivity contribution in [2.45, 2.75) is 6.54 Å². The van der Waals surface area contributed by atoms with Crippen molar-refractivity contribution in [1.82, 2.24) is 19.7 Å². The van der Waals surface area contributed by atoms with Crippen molar-refractivity contribution in [3.8, 4) is 11.5 Å². The molecule has 0 fully saturated rings. The van der Waals surface area contributed by atoms with Crippen LogP contribution in [0.2, 0.25) is 0 Å². The summed E-state index contributed by atoms with van der Waals surface area (Å²) in [6.45, 7) is 1.19. The Morgan fingerprint density at radius 3 is 2.96 bits per heavy atom. The number of nitrogens with one attached hydrogen (secondary N) is 1. The van der Waals surface area contributed by atoms with Crippen LogP contribution < -0.4 is 5.32 Å². The molecule has 2 aromatic heterocycles. The first-order valence-corrected chi connectivity index (χ1v) is 8.09. The molecule has 0 saturated carbocycles. The molecule has 8 heteroatoms. The highest BCUT2D eigenvalue weighted by molar-refractivity contribution is 6.16. The Kier molecular flexibility index (Phi) is 4.24. The maximum absolute atomic E-state index is 12.0. The van der Waals surface area contributed by atoms with Crippen molar-refractivity contribution in [2.24, 2.45) is 4.99 Å². The molecule has 8 nitrogen and oxygen atoms in total. The van der Waals surface area contributed by atoms with Crippen LogP contribution in [0.4, 0.5) is 11.5 Å². The van der Waals surface area contributed by atoms with Crippen LogP contribution in [0.15, 0.2) is 47.7 Å². The van der Waals surface area contributed by atoms with Crippen LogP contribution in [0.1, 0.15) is 15.9 Å². The molecule has 1 aromatic carbocycles. The zero-order valence-corrected chi connectivity index (χ0v) is 14.1. The van der Waals surface area contributed by atoms with Gasteiger partial charge in [0.2, 0.25) is 0 Å². The van der Waals surface area contributed by atoms with Gasteiger partial charge in [-0.05, 0) is 18.2 Å². The van der Waals surface area contributed by atoms with Crippen LogP contribution in [0.3, 0.4) is 0 Å². The quantitative estimate of drug-likeness (QED) is 0.734. The van der Waals surface area contributed by atoms with Gasteiger partial charge in [0.15, 0.2) is 5.82 Å². The maximum Gasteiger partial charge on any atom is 0.279 e. The first-order chi connectivity index (χ1) is 12.8. The summed E-state index contributed by atoms with van der Waals surface area (Å²) >= 11 is 0. The molecule has 0 radical (unpaired) electrons. The van der Waals surface area contributed by atoms with E-state index in [1.165, 1.54) is 0 Å². The van der Waals surface area contributed by atoms with Gasteiger partial charge in [0.25, 0.3) is 5.91 Å². The topological polar surface area (TPSA) is 94.3 Å². The average Bonchev–Trinajstić information content (AvgIpc) is 3.28. The third kappa shape index (κ3) is 2.98. The highest BCUT2D eigenvalue weighted by atomic mass is 16.5. The van der Waals surface area contributed by atoms with Crippen molar-refractivity contribution >= 4 is 23.6 Å². The fraction of sp³-hybridized carbons (Fsp3) is 0.167. The number of aliphatic imine (C=N–C) groups is 1. The number of pyridine rings is 1. The lowest BCUT2D eigenvalue weighted by atomic mass is 10.1. The molecule has 1 N–H and O–H groups in total. The Labute approximate surface area is 149 Å². The van der Waals surface area contributed by atoms with Gasteiger partial charge in [-0.2, -0.15) is 0 Å². The number of hydrogen-bond acceptors (Lipinski definition) is 6. The molecule has 0 spiro atoms. The van der Waals surface area contributed by atoms with Gasteiger partial charge in [0.05, 0.1) is 17.9 Å². The largest absolute Gasteiger partial charge is 0.383 e. The first-order valence-electron chi connectivity index (χ1n) is 8.09. The molecule has 1 aliphatic rings. The number of hydrogen-bond donors (Lipinski definition) is 1. The van der Waals surface area contributed by atoms with Crippen LogP contribution in [0.5, 0.6) is 0 Å². The van der Waals surface area contributed by atoms with E-state index in [4.69, 9.17) is 4.74 Å². The maximum atomic E-state index is 12.0. The van der Waals surface area contributed by atoms with E-state index in [1.54, 1.807) is 19.7 Å². The summed E-state index contributed by atoms with van der Waals surface area (Å²) in [5, 5.41) is 11.3. The monoisotopic (exact) mass is 348 g/mol. The third-order valence-electron chi connectivity index (χ3n) is 4.02. The summed E-state index contributed by atoms with van der Waals surface area (Å²) in [6.07, 6.45) is 3.22. The lowest BCUT2D eigenvalue weighted by molar-refractivity contribution is 0.101. The average molecular weight is 348 g/mol. The molecular formula is C18H16N6O2. The Morgan fingerprint density at radius 1 is 1.19 bits per heavy atom. The van der Waals surface area contributed by atoms with Crippen molar-refractivity contribution in [3.63, 3.8) is 0 Å². The van der Waals surface area contributed by atoms with Crippen molar-refractivity contribution in [1.29, 1.82) is 0 Å². The summed E-state index contributed by atoms with van der Waals surface area (Å²) in [6, 6.07) is 11.1. The minimum Gasteiger partial charge on any atom is -0.383 e. The molecular weight excluding hydrogens is 332 g/mol. The van der Waals surface area contributed by atoms with E-state index in [-0.39, 0.29) is 5.91 Å². The number of nitrogens with zero attached hydrogens (tertiary/aromatic N) is 5. The van der Waals surface area contributed by atoms with E-state index >= 15 is 0 Å². The van der Waals surface area contributed by atoms with E-state index < -0.39 is 0 Å². The summed E-state index contributed by atoms with van der Waals surface area (Å²) < 4.78 is 6.99. The number of aromatic nitrogens is 4. The van der Waals surface area contributed by atoms with Gasteiger partial charge < -0.3 is 14.6 Å². The zero-order valence-electron chi connectivity index (χ0n) is 14.1. The lowest BCUT2D eigenvalue weighted by Gasteiger charge is -2.11. The second-order valence-corrected chi connectivity index (χ2v) is 5.71. The molecule has 26 heavy (non-hydrogen) atoms. The van der Waals surface area contributed by atoms with Gasteiger partial charge in [-0.3, -0.25) is 4.79 Å². The number of fused-ring (bicyclic) bond motifs is 1. The van der Waals surface area contributed by atoms with Crippen LogP contribution in [-0.2, 0) is 11.3 Å². The molecule has 130 valence electrons. The summed E-state index contributed by atoms with van der Waals surface area (Å²) in [5.74, 6) is 1.01. The number of rotatable bonds is 6. The van der Waals surface area contributed by atoms with E-state index in [9.17, 15) is 4.79 Å². The molecule has 0 unspecified atom stereocenters. The molecule has 0 aliphatic carbocycles. The highest BCUT2D eigenvalue weighted by Crippen LogP contribution is 2.27. The Bertz CT molecular complexity index is 995. The van der Waals surface area contributed by atoms with E-state index in [1.807, 2.05) is 41.0 Å². The van der Waals surface area contributed by atoms with Gasteiger partial charge in [0.1, 0.15) is 17.8 Å². The molecule has 1 aliphatic heterocycles. The van der Waals surface area contributed by atoms with E-state index in [0.717, 1.165) is 5.56 Å². The second-order valence-electron chi connectivity index (χ2n) is 5.71. The Balaban J connectivity index is 1.63. The van der Waals surface area contributed by atoms with E-state index in [2.05, 4.69) is 25.5 Å². The van der Waals surface area contributed by atoms with Crippen LogP contribution in [-0.4, -0.2) is 45.6 Å². The predicted octanol–water partition coefficient (Wildman–Crippen LogP) is 2.30. The molecule has 0 bridgehead atoms. The molecule has 3 heterocycles. The summed E-state index contributed by atoms with van der Waals surface area (Å²) in [4.78, 5) is 20.4. The normalized spacial score (nSPS) is 12.4. The number of ether oxygens (including phenoxy) is 1. The zero-order chi connectivity index (χ0) is 17.9. The SMILES string of the molecule is COCCn1cnnc1-c1cccc(Nc2cccc3c2C(=O)N=C3)n1. The number of methoxy groups -OCH3 is 1. The van der Waals surface area contributed by atoms with Crippen molar-refractivity contribution in [2.75, 3.05) is 19.0 Å². The molecule has 4 rings (SSSR count). The number of carbonyl (C=O) groups is 1. The molecule has 0 atom stereocenters. The van der Waals surface area contributed by atoms with Crippen LogP contribution in [0.25, 0.3) is 11.5 Å². The Hall–Kier alpha value is -3.39. The smallest absolute Gasteiger partial charge is 0.279 e. The van der Waals surface area contributed by atoms with Crippen LogP contribution in [0, 0.1) is 0 Å². The first kappa shape index (κ1) is 16.1. The number of carbonyl (C=O) groups excluding carboxylic acids is 1. The minimum absolute atomic E-state index is 0.251. The molecule has 1 amide bonds. The fourth-order valence-corrected chi connectivity index (χ4v) is 2.79. The van der Waals surface area contributed by atoms with Gasteiger partial charge in [-0.1, -0.05) is 18.2 Å². The number of amides is 1. The summed E-state index contributed by atoms with van der Waals surface area (Å²) in [5.41, 5.74) is 2.72. The second kappa shape index (κ2) is 6.85. The van der Waals surface area contributed by atoms with Gasteiger partial charge in [0, 0.05) is 25.4 Å². The van der Waals surface area contributed by atoms with Crippen LogP contribution >= 0.6 is 0 Å². The van der Waals surface area contributed by atoms with E-state index in [0.29, 0.717) is 41.7 Å². The molecule has 3 aromatic rings.